The van der Waals surface area contributed by atoms with Gasteiger partial charge in [-0.05, 0) is 31.1 Å². The van der Waals surface area contributed by atoms with Crippen molar-refractivity contribution in [3.05, 3.63) is 35.9 Å². The molecule has 1 rings (SSSR count). The Morgan fingerprint density at radius 3 is 3.00 bits per heavy atom. The average Bonchev–Trinajstić information content (AvgIpc) is 2.31. The van der Waals surface area contributed by atoms with E-state index < -0.39 is 0 Å². The first-order valence-corrected chi connectivity index (χ1v) is 4.86. The van der Waals surface area contributed by atoms with Crippen LogP contribution in [0.5, 0.6) is 0 Å². The summed E-state index contributed by atoms with van der Waals surface area (Å²) in [5.41, 5.74) is 1.09. The summed E-state index contributed by atoms with van der Waals surface area (Å²) in [6.45, 7) is 2.19. The lowest BCUT2D eigenvalue weighted by atomic mass is 10.1. The summed E-state index contributed by atoms with van der Waals surface area (Å²) in [5.74, 6) is 0.327. The molecule has 0 bridgehead atoms. The van der Waals surface area contributed by atoms with Gasteiger partial charge in [0.05, 0.1) is 0 Å². The molecule has 2 heteroatoms. The van der Waals surface area contributed by atoms with Gasteiger partial charge >= 0.3 is 0 Å². The fraction of sp³-hybridized carbons (Fsp3) is 0.455. The van der Waals surface area contributed by atoms with Crippen LogP contribution in [0.1, 0.15) is 32.6 Å². The Balaban J connectivity index is 2.40. The van der Waals surface area contributed by atoms with Gasteiger partial charge in [0.15, 0.2) is 0 Å². The van der Waals surface area contributed by atoms with E-state index in [0.29, 0.717) is 5.76 Å². The molecule has 0 aromatic rings. The van der Waals surface area contributed by atoms with E-state index in [9.17, 15) is 5.11 Å². The molecule has 0 fully saturated rings. The normalized spacial score (nSPS) is 15.8. The lowest BCUT2D eigenvalue weighted by molar-refractivity contribution is 0.431. The molecule has 0 saturated heterocycles. The molecule has 0 aliphatic carbocycles. The van der Waals surface area contributed by atoms with Crippen LogP contribution >= 0.6 is 0 Å². The van der Waals surface area contributed by atoms with Crippen molar-refractivity contribution in [3.8, 4) is 0 Å². The summed E-state index contributed by atoms with van der Waals surface area (Å²) < 4.78 is 0. The second-order valence-electron chi connectivity index (χ2n) is 3.22. The number of unbranched alkanes of at least 4 members (excludes halogenated alkanes) is 2. The van der Waals surface area contributed by atoms with Crippen LogP contribution in [0.15, 0.2) is 35.9 Å². The summed E-state index contributed by atoms with van der Waals surface area (Å²) >= 11 is 0. The first-order valence-electron chi connectivity index (χ1n) is 4.86. The van der Waals surface area contributed by atoms with Crippen molar-refractivity contribution in [2.75, 3.05) is 0 Å². The van der Waals surface area contributed by atoms with Gasteiger partial charge in [-0.2, -0.15) is 0 Å². The molecule has 0 aromatic heterocycles. The van der Waals surface area contributed by atoms with E-state index in [2.05, 4.69) is 12.2 Å². The van der Waals surface area contributed by atoms with Gasteiger partial charge in [0.2, 0.25) is 0 Å². The highest BCUT2D eigenvalue weighted by atomic mass is 16.3. The van der Waals surface area contributed by atoms with Gasteiger partial charge in [-0.3, -0.25) is 0 Å². The van der Waals surface area contributed by atoms with Gasteiger partial charge in [-0.15, -0.1) is 0 Å². The largest absolute Gasteiger partial charge is 0.508 e. The monoisotopic (exact) mass is 179 g/mol. The standard InChI is InChI=1S/C11H17NO/c1-2-3-4-6-10-9-11(13)7-5-8-12-10/h5,7-9,12-13H,2-4,6H2,1H3. The van der Waals surface area contributed by atoms with Crippen LogP contribution in [-0.2, 0) is 0 Å². The van der Waals surface area contributed by atoms with Crippen molar-refractivity contribution in [2.45, 2.75) is 32.6 Å². The molecule has 0 atom stereocenters. The van der Waals surface area contributed by atoms with E-state index >= 15 is 0 Å². The van der Waals surface area contributed by atoms with Crippen LogP contribution < -0.4 is 5.32 Å². The minimum atomic E-state index is 0.327. The van der Waals surface area contributed by atoms with E-state index in [1.54, 1.807) is 18.2 Å². The third-order valence-corrected chi connectivity index (χ3v) is 2.00. The van der Waals surface area contributed by atoms with Gasteiger partial charge < -0.3 is 10.4 Å². The molecular weight excluding hydrogens is 162 g/mol. The van der Waals surface area contributed by atoms with Crippen LogP contribution in [0.25, 0.3) is 0 Å². The van der Waals surface area contributed by atoms with Gasteiger partial charge in [0.1, 0.15) is 5.76 Å². The van der Waals surface area contributed by atoms with Gasteiger partial charge in [0, 0.05) is 11.9 Å². The number of aliphatic hydroxyl groups excluding tert-OH is 1. The van der Waals surface area contributed by atoms with Crippen LogP contribution in [-0.4, -0.2) is 5.11 Å². The lowest BCUT2D eigenvalue weighted by Crippen LogP contribution is -2.04. The summed E-state index contributed by atoms with van der Waals surface area (Å²) in [4.78, 5) is 0. The van der Waals surface area contributed by atoms with Gasteiger partial charge in [0.25, 0.3) is 0 Å². The van der Waals surface area contributed by atoms with E-state index in [4.69, 9.17) is 0 Å². The maximum atomic E-state index is 9.31. The van der Waals surface area contributed by atoms with E-state index in [0.717, 1.165) is 12.1 Å². The SMILES string of the molecule is CCCCCC1=CC(O)=CC=CN1. The fourth-order valence-corrected chi connectivity index (χ4v) is 1.28. The molecule has 1 aliphatic rings. The Morgan fingerprint density at radius 2 is 2.23 bits per heavy atom. The zero-order valence-electron chi connectivity index (χ0n) is 8.09. The van der Waals surface area contributed by atoms with Crippen LogP contribution in [0, 0.1) is 0 Å². The number of rotatable bonds is 4. The van der Waals surface area contributed by atoms with Gasteiger partial charge in [-0.1, -0.05) is 19.8 Å². The zero-order chi connectivity index (χ0) is 9.52. The lowest BCUT2D eigenvalue weighted by Gasteiger charge is -2.05. The number of aliphatic hydroxyl groups is 1. The highest BCUT2D eigenvalue weighted by Crippen LogP contribution is 2.10. The quantitative estimate of drug-likeness (QED) is 0.650. The third kappa shape index (κ3) is 3.83. The maximum absolute atomic E-state index is 9.31. The van der Waals surface area contributed by atoms with Crippen molar-refractivity contribution in [1.29, 1.82) is 0 Å². The van der Waals surface area contributed by atoms with Crippen LogP contribution in [0.4, 0.5) is 0 Å². The van der Waals surface area contributed by atoms with E-state index in [1.807, 2.05) is 6.20 Å². The first kappa shape index (κ1) is 9.90. The smallest absolute Gasteiger partial charge is 0.117 e. The number of hydrogen-bond donors (Lipinski definition) is 2. The summed E-state index contributed by atoms with van der Waals surface area (Å²) in [6, 6.07) is 0. The van der Waals surface area contributed by atoms with Gasteiger partial charge in [-0.25, -0.2) is 0 Å². The molecule has 0 unspecified atom stereocenters. The predicted molar refractivity (Wildman–Crippen MR) is 55.2 cm³/mol. The Labute approximate surface area is 79.7 Å². The van der Waals surface area contributed by atoms with Crippen molar-refractivity contribution in [2.24, 2.45) is 0 Å². The molecule has 2 nitrogen and oxygen atoms in total. The van der Waals surface area contributed by atoms with Crippen molar-refractivity contribution in [1.82, 2.24) is 5.32 Å². The predicted octanol–water partition coefficient (Wildman–Crippen LogP) is 3.01. The summed E-state index contributed by atoms with van der Waals surface area (Å²) in [7, 11) is 0. The van der Waals surface area contributed by atoms with Crippen molar-refractivity contribution >= 4 is 0 Å². The Kier molecular flexibility index (Phi) is 4.16. The number of hydrogen-bond acceptors (Lipinski definition) is 2. The molecule has 0 amide bonds. The number of allylic oxidation sites excluding steroid dienone is 4. The molecule has 0 radical (unpaired) electrons. The molecule has 2 N–H and O–H groups in total. The molecule has 0 spiro atoms. The summed E-state index contributed by atoms with van der Waals surface area (Å²) in [6.07, 6.45) is 11.8. The minimum absolute atomic E-state index is 0.327. The highest BCUT2D eigenvalue weighted by Gasteiger charge is 1.98. The van der Waals surface area contributed by atoms with Crippen molar-refractivity contribution in [3.63, 3.8) is 0 Å². The summed E-state index contributed by atoms with van der Waals surface area (Å²) in [5, 5.41) is 12.4. The maximum Gasteiger partial charge on any atom is 0.117 e. The second-order valence-corrected chi connectivity index (χ2v) is 3.22. The minimum Gasteiger partial charge on any atom is -0.508 e. The van der Waals surface area contributed by atoms with Crippen molar-refractivity contribution < 1.29 is 5.11 Å². The molecule has 0 aromatic carbocycles. The van der Waals surface area contributed by atoms with E-state index in [1.165, 1.54) is 19.3 Å². The third-order valence-electron chi connectivity index (χ3n) is 2.00. The molecule has 1 heterocycles. The molecule has 1 aliphatic heterocycles. The molecule has 13 heavy (non-hydrogen) atoms. The Bertz CT molecular complexity index is 238. The highest BCUT2D eigenvalue weighted by molar-refractivity contribution is 5.25. The molecule has 72 valence electrons. The molecular formula is C11H17NO. The van der Waals surface area contributed by atoms with Crippen LogP contribution in [0.2, 0.25) is 0 Å². The second kappa shape index (κ2) is 5.46. The average molecular weight is 179 g/mol. The zero-order valence-corrected chi connectivity index (χ0v) is 8.09. The van der Waals surface area contributed by atoms with E-state index in [-0.39, 0.29) is 0 Å². The number of nitrogens with one attached hydrogen (secondary N) is 1. The Morgan fingerprint density at radius 1 is 1.38 bits per heavy atom. The Hall–Kier alpha value is -1.18. The molecule has 0 saturated carbocycles. The topological polar surface area (TPSA) is 32.3 Å². The van der Waals surface area contributed by atoms with Crippen LogP contribution in [0.3, 0.4) is 0 Å². The fourth-order valence-electron chi connectivity index (χ4n) is 1.28. The first-order chi connectivity index (χ1) is 6.33.